The number of nitrogens with two attached hydrogens (primary N) is 1. The van der Waals surface area contributed by atoms with Crippen LogP contribution in [0, 0.1) is 0 Å². The normalized spacial score (nSPS) is 13.8. The van der Waals surface area contributed by atoms with Crippen LogP contribution >= 0.6 is 0 Å². The van der Waals surface area contributed by atoms with Gasteiger partial charge < -0.3 is 15.4 Å². The van der Waals surface area contributed by atoms with Crippen LogP contribution in [0.25, 0.3) is 21.9 Å². The number of para-hydroxylation sites is 1. The van der Waals surface area contributed by atoms with Gasteiger partial charge in [0.25, 0.3) is 0 Å². The Hall–Kier alpha value is -2.14. The quantitative estimate of drug-likeness (QED) is 0.775. The lowest BCUT2D eigenvalue weighted by Crippen LogP contribution is -2.36. The summed E-state index contributed by atoms with van der Waals surface area (Å²) in [5, 5.41) is 11.9. The SMILES string of the molecule is CCC(O)(CC)C(C)n1cnc2c(N)nc3ccccc3c21. The van der Waals surface area contributed by atoms with Gasteiger partial charge in [-0.3, -0.25) is 0 Å². The molecule has 116 valence electrons. The van der Waals surface area contributed by atoms with Crippen molar-refractivity contribution in [2.45, 2.75) is 45.3 Å². The first-order valence-corrected chi connectivity index (χ1v) is 7.75. The Labute approximate surface area is 129 Å². The molecule has 5 nitrogen and oxygen atoms in total. The van der Waals surface area contributed by atoms with E-state index in [9.17, 15) is 5.11 Å². The topological polar surface area (TPSA) is 77.0 Å². The van der Waals surface area contributed by atoms with Crippen molar-refractivity contribution in [3.05, 3.63) is 30.6 Å². The molecule has 2 heterocycles. The molecule has 22 heavy (non-hydrogen) atoms. The summed E-state index contributed by atoms with van der Waals surface area (Å²) in [6.07, 6.45) is 3.13. The fourth-order valence-corrected chi connectivity index (χ4v) is 3.16. The van der Waals surface area contributed by atoms with E-state index in [0.29, 0.717) is 24.2 Å². The van der Waals surface area contributed by atoms with Crippen molar-refractivity contribution in [2.75, 3.05) is 5.73 Å². The molecular formula is C17H22N4O. The summed E-state index contributed by atoms with van der Waals surface area (Å²) >= 11 is 0. The molecule has 0 aliphatic heterocycles. The molecule has 0 saturated heterocycles. The van der Waals surface area contributed by atoms with Crippen LogP contribution in [-0.2, 0) is 0 Å². The van der Waals surface area contributed by atoms with Crippen LogP contribution in [0.3, 0.4) is 0 Å². The van der Waals surface area contributed by atoms with Crippen LogP contribution in [0.1, 0.15) is 39.7 Å². The number of nitrogen functional groups attached to an aromatic ring is 1. The summed E-state index contributed by atoms with van der Waals surface area (Å²) < 4.78 is 2.03. The van der Waals surface area contributed by atoms with E-state index in [1.165, 1.54) is 0 Å². The summed E-state index contributed by atoms with van der Waals surface area (Å²) in [4.78, 5) is 8.85. The van der Waals surface area contributed by atoms with Gasteiger partial charge >= 0.3 is 0 Å². The van der Waals surface area contributed by atoms with Gasteiger partial charge in [-0.2, -0.15) is 0 Å². The molecule has 0 saturated carbocycles. The molecule has 0 bridgehead atoms. The number of imidazole rings is 1. The summed E-state index contributed by atoms with van der Waals surface area (Å²) in [5.74, 6) is 0.427. The molecule has 0 aliphatic rings. The monoisotopic (exact) mass is 298 g/mol. The van der Waals surface area contributed by atoms with Gasteiger partial charge in [0, 0.05) is 5.39 Å². The number of aliphatic hydroxyl groups is 1. The molecule has 0 spiro atoms. The summed E-state index contributed by atoms with van der Waals surface area (Å²) in [5.41, 5.74) is 7.77. The minimum Gasteiger partial charge on any atom is -0.388 e. The van der Waals surface area contributed by atoms with E-state index < -0.39 is 5.60 Å². The minimum atomic E-state index is -0.771. The Morgan fingerprint density at radius 1 is 1.27 bits per heavy atom. The highest BCUT2D eigenvalue weighted by atomic mass is 16.3. The predicted molar refractivity (Wildman–Crippen MR) is 89.7 cm³/mol. The number of pyridine rings is 1. The molecule has 1 unspecified atom stereocenters. The van der Waals surface area contributed by atoms with Crippen molar-refractivity contribution < 1.29 is 5.11 Å². The first-order chi connectivity index (χ1) is 10.5. The second-order valence-corrected chi connectivity index (χ2v) is 5.85. The fourth-order valence-electron chi connectivity index (χ4n) is 3.16. The van der Waals surface area contributed by atoms with Gasteiger partial charge in [-0.25, -0.2) is 9.97 Å². The maximum absolute atomic E-state index is 10.9. The Balaban J connectivity index is 2.32. The highest BCUT2D eigenvalue weighted by molar-refractivity contribution is 6.06. The zero-order chi connectivity index (χ0) is 15.9. The van der Waals surface area contributed by atoms with Crippen molar-refractivity contribution in [2.24, 2.45) is 0 Å². The highest BCUT2D eigenvalue weighted by Gasteiger charge is 2.32. The van der Waals surface area contributed by atoms with E-state index in [-0.39, 0.29) is 6.04 Å². The number of benzene rings is 1. The lowest BCUT2D eigenvalue weighted by molar-refractivity contribution is -0.0119. The van der Waals surface area contributed by atoms with Crippen LogP contribution in [-0.4, -0.2) is 25.2 Å². The Bertz CT molecular complexity index is 820. The number of fused-ring (bicyclic) bond motifs is 3. The molecule has 0 fully saturated rings. The smallest absolute Gasteiger partial charge is 0.152 e. The highest BCUT2D eigenvalue weighted by Crippen LogP contribution is 2.35. The van der Waals surface area contributed by atoms with Crippen LogP contribution in [0.15, 0.2) is 30.6 Å². The van der Waals surface area contributed by atoms with Crippen LogP contribution < -0.4 is 5.73 Å². The van der Waals surface area contributed by atoms with Gasteiger partial charge in [0.15, 0.2) is 5.82 Å². The first kappa shape index (κ1) is 14.8. The third-order valence-corrected chi connectivity index (χ3v) is 4.86. The van der Waals surface area contributed by atoms with Crippen molar-refractivity contribution in [1.29, 1.82) is 0 Å². The maximum atomic E-state index is 10.9. The third-order valence-electron chi connectivity index (χ3n) is 4.86. The van der Waals surface area contributed by atoms with E-state index >= 15 is 0 Å². The zero-order valence-corrected chi connectivity index (χ0v) is 13.2. The first-order valence-electron chi connectivity index (χ1n) is 7.75. The number of hydrogen-bond acceptors (Lipinski definition) is 4. The van der Waals surface area contributed by atoms with Gasteiger partial charge in [-0.05, 0) is 25.8 Å². The van der Waals surface area contributed by atoms with E-state index in [1.807, 2.05) is 49.6 Å². The van der Waals surface area contributed by atoms with Gasteiger partial charge in [0.2, 0.25) is 0 Å². The van der Waals surface area contributed by atoms with Crippen LogP contribution in [0.2, 0.25) is 0 Å². The molecule has 3 N–H and O–H groups in total. The van der Waals surface area contributed by atoms with Gasteiger partial charge in [0.1, 0.15) is 5.52 Å². The Kier molecular flexibility index (Phi) is 3.53. The molecule has 1 atom stereocenters. The number of anilines is 1. The zero-order valence-electron chi connectivity index (χ0n) is 13.2. The second kappa shape index (κ2) is 5.25. The predicted octanol–water partition coefficient (Wildman–Crippen LogP) is 3.28. The average molecular weight is 298 g/mol. The third kappa shape index (κ3) is 2.04. The van der Waals surface area contributed by atoms with Gasteiger partial charge in [-0.15, -0.1) is 0 Å². The number of nitrogens with zero attached hydrogens (tertiary/aromatic N) is 3. The van der Waals surface area contributed by atoms with Gasteiger partial charge in [-0.1, -0.05) is 32.0 Å². The standard InChI is InChI=1S/C17H22N4O/c1-4-17(22,5-2)11(3)21-10-19-14-15(21)12-8-6-7-9-13(12)20-16(14)18/h6-11,22H,4-5H2,1-3H3,(H2,18,20). The maximum Gasteiger partial charge on any atom is 0.152 e. The van der Waals surface area contributed by atoms with E-state index in [1.54, 1.807) is 6.33 Å². The molecule has 0 amide bonds. The fraction of sp³-hybridized carbons (Fsp3) is 0.412. The minimum absolute atomic E-state index is 0.0993. The molecule has 0 aliphatic carbocycles. The Morgan fingerprint density at radius 2 is 1.95 bits per heavy atom. The van der Waals surface area contributed by atoms with Gasteiger partial charge in [0.05, 0.1) is 29.0 Å². The summed E-state index contributed by atoms with van der Waals surface area (Å²) in [6, 6.07) is 7.79. The van der Waals surface area contributed by atoms with Crippen molar-refractivity contribution in [3.8, 4) is 0 Å². The van der Waals surface area contributed by atoms with E-state index in [0.717, 1.165) is 16.4 Å². The van der Waals surface area contributed by atoms with E-state index in [4.69, 9.17) is 5.73 Å². The summed E-state index contributed by atoms with van der Waals surface area (Å²) in [6.45, 7) is 6.04. The van der Waals surface area contributed by atoms with Crippen LogP contribution in [0.5, 0.6) is 0 Å². The van der Waals surface area contributed by atoms with E-state index in [2.05, 4.69) is 9.97 Å². The molecule has 3 aromatic rings. The Morgan fingerprint density at radius 3 is 2.64 bits per heavy atom. The van der Waals surface area contributed by atoms with Crippen molar-refractivity contribution in [1.82, 2.24) is 14.5 Å². The lowest BCUT2D eigenvalue weighted by Gasteiger charge is -2.33. The molecule has 3 rings (SSSR count). The lowest BCUT2D eigenvalue weighted by atomic mass is 9.89. The molecular weight excluding hydrogens is 276 g/mol. The van der Waals surface area contributed by atoms with Crippen molar-refractivity contribution >= 4 is 27.8 Å². The van der Waals surface area contributed by atoms with Crippen LogP contribution in [0.4, 0.5) is 5.82 Å². The second-order valence-electron chi connectivity index (χ2n) is 5.85. The molecule has 2 aromatic heterocycles. The number of hydrogen-bond donors (Lipinski definition) is 2. The number of aromatic nitrogens is 3. The van der Waals surface area contributed by atoms with Crippen molar-refractivity contribution in [3.63, 3.8) is 0 Å². The largest absolute Gasteiger partial charge is 0.388 e. The number of rotatable bonds is 4. The summed E-state index contributed by atoms with van der Waals surface area (Å²) in [7, 11) is 0. The molecule has 1 aromatic carbocycles. The average Bonchev–Trinajstić information content (AvgIpc) is 2.99. The molecule has 5 heteroatoms. The molecule has 0 radical (unpaired) electrons.